The van der Waals surface area contributed by atoms with E-state index >= 15 is 0 Å². The van der Waals surface area contributed by atoms with Crippen LogP contribution in [0, 0.1) is 0 Å². The molecule has 0 aromatic carbocycles. The Balaban J connectivity index is 0. The zero-order valence-corrected chi connectivity index (χ0v) is 10.0. The standard InChI is InChI=1S/C4H10N2.C4H8O2.C2H6O/c1-2-6-4-3-5-1;1-3-6-4(2)5;1-2-3/h5-6H,1-4H2;3H2,1-2H3;3H,2H2,1H3. The van der Waals surface area contributed by atoms with E-state index in [4.69, 9.17) is 5.11 Å². The second-order valence-electron chi connectivity index (χ2n) is 2.74. The molecule has 5 nitrogen and oxygen atoms in total. The molecule has 1 aliphatic rings. The van der Waals surface area contributed by atoms with Crippen molar-refractivity contribution >= 4 is 5.97 Å². The van der Waals surface area contributed by atoms with Gasteiger partial charge in [-0.15, -0.1) is 0 Å². The van der Waals surface area contributed by atoms with Crippen LogP contribution in [0.3, 0.4) is 0 Å². The third-order valence-corrected chi connectivity index (χ3v) is 1.30. The number of esters is 1. The molecule has 1 fully saturated rings. The molecular weight excluding hydrogens is 196 g/mol. The number of nitrogens with one attached hydrogen (secondary N) is 2. The number of ether oxygens (including phenoxy) is 1. The van der Waals surface area contributed by atoms with E-state index in [2.05, 4.69) is 15.4 Å². The highest BCUT2D eigenvalue weighted by molar-refractivity contribution is 5.65. The van der Waals surface area contributed by atoms with Gasteiger partial charge in [0.25, 0.3) is 0 Å². The summed E-state index contributed by atoms with van der Waals surface area (Å²) in [6.45, 7) is 10.1. The van der Waals surface area contributed by atoms with Crippen LogP contribution in [0.5, 0.6) is 0 Å². The number of aliphatic hydroxyl groups is 1. The first kappa shape index (κ1) is 16.8. The van der Waals surface area contributed by atoms with Gasteiger partial charge in [-0.25, -0.2) is 0 Å². The third-order valence-electron chi connectivity index (χ3n) is 1.30. The lowest BCUT2D eigenvalue weighted by Gasteiger charge is -2.11. The van der Waals surface area contributed by atoms with Gasteiger partial charge in [-0.1, -0.05) is 0 Å². The van der Waals surface area contributed by atoms with Crippen LogP contribution >= 0.6 is 0 Å². The molecule has 1 heterocycles. The number of hydrogen-bond donors (Lipinski definition) is 3. The molecule has 0 bridgehead atoms. The molecule has 0 radical (unpaired) electrons. The van der Waals surface area contributed by atoms with Crippen LogP contribution in [0.15, 0.2) is 0 Å². The lowest BCUT2D eigenvalue weighted by atomic mass is 10.4. The molecule has 0 atom stereocenters. The van der Waals surface area contributed by atoms with Gasteiger partial charge >= 0.3 is 5.97 Å². The summed E-state index contributed by atoms with van der Waals surface area (Å²) in [6, 6.07) is 0. The largest absolute Gasteiger partial charge is 0.466 e. The fourth-order valence-corrected chi connectivity index (χ4v) is 0.807. The van der Waals surface area contributed by atoms with Crippen molar-refractivity contribution in [3.63, 3.8) is 0 Å². The number of rotatable bonds is 1. The first-order valence-electron chi connectivity index (χ1n) is 5.34. The molecule has 15 heavy (non-hydrogen) atoms. The average molecular weight is 220 g/mol. The summed E-state index contributed by atoms with van der Waals surface area (Å²) < 4.78 is 4.40. The Labute approximate surface area is 92.2 Å². The molecule has 1 saturated heterocycles. The van der Waals surface area contributed by atoms with Gasteiger partial charge in [0.15, 0.2) is 0 Å². The van der Waals surface area contributed by atoms with E-state index in [0.29, 0.717) is 6.61 Å². The van der Waals surface area contributed by atoms with Crippen LogP contribution in [-0.4, -0.2) is 50.5 Å². The van der Waals surface area contributed by atoms with Crippen molar-refractivity contribution < 1.29 is 14.6 Å². The van der Waals surface area contributed by atoms with Gasteiger partial charge in [0.2, 0.25) is 0 Å². The molecule has 0 aromatic heterocycles. The first-order chi connectivity index (χ1) is 7.18. The molecule has 0 unspecified atom stereocenters. The van der Waals surface area contributed by atoms with E-state index in [1.807, 2.05) is 0 Å². The molecule has 0 saturated carbocycles. The summed E-state index contributed by atoms with van der Waals surface area (Å²) >= 11 is 0. The molecule has 0 aromatic rings. The second kappa shape index (κ2) is 15.8. The Hall–Kier alpha value is -0.650. The number of hydrogen-bond acceptors (Lipinski definition) is 5. The Morgan fingerprint density at radius 3 is 1.60 bits per heavy atom. The van der Waals surface area contributed by atoms with Crippen molar-refractivity contribution in [2.24, 2.45) is 0 Å². The molecule has 1 rings (SSSR count). The fourth-order valence-electron chi connectivity index (χ4n) is 0.807. The molecule has 3 N–H and O–H groups in total. The highest BCUT2D eigenvalue weighted by atomic mass is 16.5. The van der Waals surface area contributed by atoms with Crippen molar-refractivity contribution in [3.8, 4) is 0 Å². The maximum atomic E-state index is 9.82. The quantitative estimate of drug-likeness (QED) is 0.531. The van der Waals surface area contributed by atoms with E-state index in [1.165, 1.54) is 6.92 Å². The monoisotopic (exact) mass is 220 g/mol. The molecule has 1 aliphatic heterocycles. The number of carbonyl (C=O) groups is 1. The Bertz CT molecular complexity index is 116. The zero-order chi connectivity index (χ0) is 11.9. The van der Waals surface area contributed by atoms with E-state index in [0.717, 1.165) is 26.2 Å². The van der Waals surface area contributed by atoms with E-state index < -0.39 is 0 Å². The Morgan fingerprint density at radius 1 is 1.20 bits per heavy atom. The van der Waals surface area contributed by atoms with Gasteiger partial charge < -0.3 is 20.5 Å². The minimum atomic E-state index is -0.211. The maximum Gasteiger partial charge on any atom is 0.302 e. The molecule has 5 heteroatoms. The zero-order valence-electron chi connectivity index (χ0n) is 10.0. The van der Waals surface area contributed by atoms with Crippen LogP contribution in [0.4, 0.5) is 0 Å². The lowest BCUT2D eigenvalue weighted by Crippen LogP contribution is -2.39. The number of aliphatic hydroxyl groups excluding tert-OH is 1. The average Bonchev–Trinajstić information content (AvgIpc) is 2.22. The van der Waals surface area contributed by atoms with Gasteiger partial charge in [-0.05, 0) is 13.8 Å². The topological polar surface area (TPSA) is 70.6 Å². The van der Waals surface area contributed by atoms with Gasteiger partial charge in [-0.3, -0.25) is 4.79 Å². The summed E-state index contributed by atoms with van der Waals surface area (Å²) in [7, 11) is 0. The first-order valence-corrected chi connectivity index (χ1v) is 5.34. The summed E-state index contributed by atoms with van der Waals surface area (Å²) in [5, 5.41) is 14.0. The molecule has 0 amide bonds. The Morgan fingerprint density at radius 2 is 1.53 bits per heavy atom. The van der Waals surface area contributed by atoms with Crippen LogP contribution in [0.1, 0.15) is 20.8 Å². The SMILES string of the molecule is C1CNCCN1.CCO.CCOC(C)=O. The maximum absolute atomic E-state index is 9.82. The smallest absolute Gasteiger partial charge is 0.302 e. The second-order valence-corrected chi connectivity index (χ2v) is 2.74. The Kier molecular flexibility index (Phi) is 17.7. The van der Waals surface area contributed by atoms with Gasteiger partial charge in [-0.2, -0.15) is 0 Å². The van der Waals surface area contributed by atoms with Crippen molar-refractivity contribution in [3.05, 3.63) is 0 Å². The summed E-state index contributed by atoms with van der Waals surface area (Å²) in [6.07, 6.45) is 0. The van der Waals surface area contributed by atoms with Gasteiger partial charge in [0.1, 0.15) is 0 Å². The van der Waals surface area contributed by atoms with E-state index in [1.54, 1.807) is 13.8 Å². The van der Waals surface area contributed by atoms with Crippen molar-refractivity contribution in [1.29, 1.82) is 0 Å². The van der Waals surface area contributed by atoms with Crippen molar-refractivity contribution in [1.82, 2.24) is 10.6 Å². The summed E-state index contributed by atoms with van der Waals surface area (Å²) in [5.41, 5.74) is 0. The summed E-state index contributed by atoms with van der Waals surface area (Å²) in [4.78, 5) is 9.82. The minimum Gasteiger partial charge on any atom is -0.466 e. The van der Waals surface area contributed by atoms with Crippen LogP contribution in [-0.2, 0) is 9.53 Å². The van der Waals surface area contributed by atoms with Gasteiger partial charge in [0, 0.05) is 39.7 Å². The van der Waals surface area contributed by atoms with Crippen LogP contribution in [0.2, 0.25) is 0 Å². The highest BCUT2D eigenvalue weighted by Crippen LogP contribution is 1.69. The lowest BCUT2D eigenvalue weighted by molar-refractivity contribution is -0.140. The predicted molar refractivity (Wildman–Crippen MR) is 60.8 cm³/mol. The predicted octanol–water partition coefficient (Wildman–Crippen LogP) is -0.253. The van der Waals surface area contributed by atoms with Crippen LogP contribution in [0.25, 0.3) is 0 Å². The molecule has 0 aliphatic carbocycles. The fraction of sp³-hybridized carbons (Fsp3) is 0.900. The minimum absolute atomic E-state index is 0.211. The van der Waals surface area contributed by atoms with Crippen molar-refractivity contribution in [2.45, 2.75) is 20.8 Å². The van der Waals surface area contributed by atoms with Gasteiger partial charge in [0.05, 0.1) is 6.61 Å². The third kappa shape index (κ3) is 24.7. The molecular formula is C10H24N2O3. The van der Waals surface area contributed by atoms with E-state index in [9.17, 15) is 4.79 Å². The number of carbonyl (C=O) groups excluding carboxylic acids is 1. The highest BCUT2D eigenvalue weighted by Gasteiger charge is 1.91. The number of piperazine rings is 1. The summed E-state index contributed by atoms with van der Waals surface area (Å²) in [5.74, 6) is -0.211. The van der Waals surface area contributed by atoms with E-state index in [-0.39, 0.29) is 12.6 Å². The molecule has 92 valence electrons. The molecule has 0 spiro atoms. The van der Waals surface area contributed by atoms with Crippen LogP contribution < -0.4 is 10.6 Å². The van der Waals surface area contributed by atoms with Crippen molar-refractivity contribution in [2.75, 3.05) is 39.4 Å². The normalized spacial score (nSPS) is 13.9.